The Morgan fingerprint density at radius 2 is 2.43 bits per heavy atom. The molecule has 1 atom stereocenters. The summed E-state index contributed by atoms with van der Waals surface area (Å²) < 4.78 is 11.5. The van der Waals surface area contributed by atoms with Gasteiger partial charge in [-0.3, -0.25) is 4.79 Å². The van der Waals surface area contributed by atoms with Crippen LogP contribution in [0.2, 0.25) is 0 Å². The van der Waals surface area contributed by atoms with Crippen LogP contribution in [0.5, 0.6) is 0 Å². The molecule has 0 amide bonds. The number of Topliss-reactive ketones (excluding diaryl/α,β-unsaturated/α-hetero) is 1. The highest BCUT2D eigenvalue weighted by molar-refractivity contribution is 6.20. The Kier molecular flexibility index (Phi) is 2.92. The standard InChI is InChI=1S/C4H6ClFO/c1-3(7)2-4(5)6/h4H,2H2,1H3. The summed E-state index contributed by atoms with van der Waals surface area (Å²) in [6.07, 6.45) is -0.179. The molecule has 42 valence electrons. The van der Waals surface area contributed by atoms with Crippen molar-refractivity contribution in [1.29, 1.82) is 0 Å². The van der Waals surface area contributed by atoms with Gasteiger partial charge in [0, 0.05) is 0 Å². The number of hydrogen-bond acceptors (Lipinski definition) is 1. The van der Waals surface area contributed by atoms with Gasteiger partial charge in [0.25, 0.3) is 0 Å². The number of carbonyl (C=O) groups excluding carboxylic acids is 1. The van der Waals surface area contributed by atoms with Gasteiger partial charge in [0.05, 0.1) is 6.42 Å². The van der Waals surface area contributed by atoms with Gasteiger partial charge < -0.3 is 0 Å². The Hall–Kier alpha value is -0.110. The van der Waals surface area contributed by atoms with Gasteiger partial charge in [-0.15, -0.1) is 0 Å². The van der Waals surface area contributed by atoms with Crippen LogP contribution in [0.3, 0.4) is 0 Å². The van der Waals surface area contributed by atoms with E-state index in [1.807, 2.05) is 0 Å². The largest absolute Gasteiger partial charge is 0.300 e. The molecule has 0 aliphatic rings. The van der Waals surface area contributed by atoms with Gasteiger partial charge in [-0.25, -0.2) is 4.39 Å². The summed E-state index contributed by atoms with van der Waals surface area (Å²) >= 11 is 4.79. The fraction of sp³-hybridized carbons (Fsp3) is 0.750. The smallest absolute Gasteiger partial charge is 0.180 e. The van der Waals surface area contributed by atoms with E-state index in [-0.39, 0.29) is 12.2 Å². The summed E-state index contributed by atoms with van der Waals surface area (Å²) in [5.74, 6) is -0.220. The van der Waals surface area contributed by atoms with E-state index in [0.29, 0.717) is 0 Å². The van der Waals surface area contributed by atoms with Crippen molar-refractivity contribution >= 4 is 17.4 Å². The first kappa shape index (κ1) is 6.89. The molecule has 7 heavy (non-hydrogen) atoms. The number of ketones is 1. The predicted molar refractivity (Wildman–Crippen MR) is 26.0 cm³/mol. The van der Waals surface area contributed by atoms with Crippen LogP contribution in [-0.2, 0) is 4.79 Å². The van der Waals surface area contributed by atoms with E-state index in [1.54, 1.807) is 0 Å². The molecule has 0 fully saturated rings. The first-order chi connectivity index (χ1) is 3.13. The first-order valence-electron chi connectivity index (χ1n) is 1.90. The van der Waals surface area contributed by atoms with Crippen LogP contribution < -0.4 is 0 Å². The molecule has 0 aromatic heterocycles. The molecule has 0 saturated heterocycles. The molecule has 0 radical (unpaired) electrons. The molecule has 3 heteroatoms. The molecule has 0 heterocycles. The number of rotatable bonds is 2. The molecular weight excluding hydrogens is 118 g/mol. The average molecular weight is 125 g/mol. The van der Waals surface area contributed by atoms with Crippen LogP contribution in [0.25, 0.3) is 0 Å². The van der Waals surface area contributed by atoms with E-state index < -0.39 is 5.63 Å². The minimum Gasteiger partial charge on any atom is -0.300 e. The summed E-state index contributed by atoms with van der Waals surface area (Å²) in [6.45, 7) is 1.30. The SMILES string of the molecule is CC(=O)CC(F)Cl. The summed E-state index contributed by atoms with van der Waals surface area (Å²) in [5.41, 5.74) is -1.50. The third-order valence-electron chi connectivity index (χ3n) is 0.442. The molecule has 0 aromatic carbocycles. The quantitative estimate of drug-likeness (QED) is 0.510. The zero-order valence-corrected chi connectivity index (χ0v) is 4.70. The van der Waals surface area contributed by atoms with Crippen molar-refractivity contribution in [3.05, 3.63) is 0 Å². The van der Waals surface area contributed by atoms with E-state index >= 15 is 0 Å². The maximum absolute atomic E-state index is 11.5. The van der Waals surface area contributed by atoms with Crippen LogP contribution in [0.1, 0.15) is 13.3 Å². The maximum Gasteiger partial charge on any atom is 0.180 e. The number of hydrogen-bond donors (Lipinski definition) is 0. The highest BCUT2D eigenvalue weighted by Crippen LogP contribution is 2.01. The van der Waals surface area contributed by atoms with E-state index in [2.05, 4.69) is 0 Å². The lowest BCUT2D eigenvalue weighted by atomic mass is 10.3. The summed E-state index contributed by atoms with van der Waals surface area (Å²) in [6, 6.07) is 0. The van der Waals surface area contributed by atoms with Gasteiger partial charge in [-0.05, 0) is 6.92 Å². The van der Waals surface area contributed by atoms with Gasteiger partial charge in [-0.2, -0.15) is 0 Å². The van der Waals surface area contributed by atoms with Crippen LogP contribution in [0.4, 0.5) is 4.39 Å². The van der Waals surface area contributed by atoms with Crippen molar-refractivity contribution in [3.63, 3.8) is 0 Å². The summed E-state index contributed by atoms with van der Waals surface area (Å²) in [4.78, 5) is 9.93. The lowest BCUT2D eigenvalue weighted by molar-refractivity contribution is -0.117. The molecule has 0 spiro atoms. The molecule has 0 aliphatic heterocycles. The van der Waals surface area contributed by atoms with E-state index in [4.69, 9.17) is 11.6 Å². The zero-order chi connectivity index (χ0) is 5.86. The molecule has 0 aliphatic carbocycles. The summed E-state index contributed by atoms with van der Waals surface area (Å²) in [7, 11) is 0. The molecule has 0 bridgehead atoms. The maximum atomic E-state index is 11.5. The minimum absolute atomic E-state index is 0.179. The van der Waals surface area contributed by atoms with Crippen molar-refractivity contribution < 1.29 is 9.18 Å². The zero-order valence-electron chi connectivity index (χ0n) is 3.95. The number of halogens is 2. The Bertz CT molecular complexity index is 72.1. The van der Waals surface area contributed by atoms with E-state index in [0.717, 1.165) is 0 Å². The monoisotopic (exact) mass is 124 g/mol. The average Bonchev–Trinajstić information content (AvgIpc) is 1.27. The molecule has 0 N–H and O–H groups in total. The molecular formula is C4H6ClFO. The second kappa shape index (κ2) is 2.97. The van der Waals surface area contributed by atoms with Crippen LogP contribution in [0.15, 0.2) is 0 Å². The van der Waals surface area contributed by atoms with Crippen molar-refractivity contribution in [2.45, 2.75) is 19.0 Å². The normalized spacial score (nSPS) is 13.6. The van der Waals surface area contributed by atoms with Gasteiger partial charge in [0.1, 0.15) is 5.78 Å². The lowest BCUT2D eigenvalue weighted by Gasteiger charge is -1.89. The fourth-order valence-corrected chi connectivity index (χ4v) is 0.435. The van der Waals surface area contributed by atoms with Crippen LogP contribution >= 0.6 is 11.6 Å². The van der Waals surface area contributed by atoms with E-state index in [1.165, 1.54) is 6.92 Å². The highest BCUT2D eigenvalue weighted by atomic mass is 35.5. The molecule has 1 nitrogen and oxygen atoms in total. The molecule has 0 saturated carbocycles. The fourth-order valence-electron chi connectivity index (χ4n) is 0.217. The van der Waals surface area contributed by atoms with Gasteiger partial charge >= 0.3 is 0 Å². The Morgan fingerprint density at radius 1 is 2.00 bits per heavy atom. The molecule has 0 rings (SSSR count). The van der Waals surface area contributed by atoms with Crippen molar-refractivity contribution in [2.24, 2.45) is 0 Å². The second-order valence-corrected chi connectivity index (χ2v) is 1.77. The Morgan fingerprint density at radius 3 is 2.43 bits per heavy atom. The van der Waals surface area contributed by atoms with Crippen molar-refractivity contribution in [1.82, 2.24) is 0 Å². The van der Waals surface area contributed by atoms with Gasteiger partial charge in [0.2, 0.25) is 0 Å². The van der Waals surface area contributed by atoms with Crippen LogP contribution in [0, 0.1) is 0 Å². The third-order valence-corrected chi connectivity index (χ3v) is 0.596. The number of carbonyl (C=O) groups is 1. The van der Waals surface area contributed by atoms with E-state index in [9.17, 15) is 9.18 Å². The third kappa shape index (κ3) is 5.89. The predicted octanol–water partition coefficient (Wildman–Crippen LogP) is 1.50. The van der Waals surface area contributed by atoms with Gasteiger partial charge in [0.15, 0.2) is 5.63 Å². The minimum atomic E-state index is -1.50. The molecule has 0 aromatic rings. The van der Waals surface area contributed by atoms with Crippen molar-refractivity contribution in [2.75, 3.05) is 0 Å². The highest BCUT2D eigenvalue weighted by Gasteiger charge is 2.01. The Balaban J connectivity index is 3.13. The topological polar surface area (TPSA) is 17.1 Å². The number of alkyl halides is 2. The lowest BCUT2D eigenvalue weighted by Crippen LogP contribution is -1.96. The van der Waals surface area contributed by atoms with Crippen LogP contribution in [-0.4, -0.2) is 11.4 Å². The first-order valence-corrected chi connectivity index (χ1v) is 2.34. The Labute approximate surface area is 46.5 Å². The molecule has 1 unspecified atom stereocenters. The second-order valence-electron chi connectivity index (χ2n) is 1.30. The van der Waals surface area contributed by atoms with Gasteiger partial charge in [-0.1, -0.05) is 11.6 Å². The summed E-state index contributed by atoms with van der Waals surface area (Å²) in [5, 5.41) is 0. The van der Waals surface area contributed by atoms with Crippen molar-refractivity contribution in [3.8, 4) is 0 Å².